The summed E-state index contributed by atoms with van der Waals surface area (Å²) in [6.45, 7) is 1.80. The van der Waals surface area contributed by atoms with Crippen LogP contribution >= 0.6 is 15.9 Å². The summed E-state index contributed by atoms with van der Waals surface area (Å²) >= 11 is 3.31. The predicted molar refractivity (Wildman–Crippen MR) is 80.9 cm³/mol. The summed E-state index contributed by atoms with van der Waals surface area (Å²) in [5.74, 6) is -0.633. The Morgan fingerprint density at radius 1 is 1.05 bits per heavy atom. The Morgan fingerprint density at radius 3 is 2.50 bits per heavy atom. The van der Waals surface area contributed by atoms with Crippen molar-refractivity contribution in [2.45, 2.75) is 6.92 Å². The van der Waals surface area contributed by atoms with Crippen molar-refractivity contribution in [3.8, 4) is 0 Å². The van der Waals surface area contributed by atoms with Gasteiger partial charge in [-0.3, -0.25) is 9.59 Å². The topological polar surface area (TPSA) is 63.4 Å². The van der Waals surface area contributed by atoms with Gasteiger partial charge in [-0.1, -0.05) is 22.0 Å². The maximum Gasteiger partial charge on any atom is 0.266 e. The second-order valence-electron chi connectivity index (χ2n) is 4.63. The number of rotatable bonds is 1. The zero-order valence-electron chi connectivity index (χ0n) is 10.7. The van der Waals surface area contributed by atoms with E-state index in [1.807, 2.05) is 0 Å². The first-order chi connectivity index (χ1) is 9.50. The van der Waals surface area contributed by atoms with Crippen LogP contribution in [0.25, 0.3) is 0 Å². The van der Waals surface area contributed by atoms with Crippen molar-refractivity contribution in [2.75, 3.05) is 10.6 Å². The first-order valence-corrected chi connectivity index (χ1v) is 6.83. The second kappa shape index (κ2) is 4.45. The third-order valence-electron chi connectivity index (χ3n) is 3.44. The summed E-state index contributed by atoms with van der Waals surface area (Å²) in [4.78, 5) is 26.1. The predicted octanol–water partition coefficient (Wildman–Crippen LogP) is 3.14. The van der Waals surface area contributed by atoms with Gasteiger partial charge in [-0.05, 0) is 42.8 Å². The highest BCUT2D eigenvalue weighted by Crippen LogP contribution is 2.33. The standard InChI is InChI=1S/C15H11BrN2O2/c1-8-12(17)3-2-4-13(8)18-14(19)10-6-5-9(16)7-11(10)15(18)20/h2-7H,17H2,1H3. The Hall–Kier alpha value is -2.14. The highest BCUT2D eigenvalue weighted by molar-refractivity contribution is 9.10. The Morgan fingerprint density at radius 2 is 1.75 bits per heavy atom. The average molecular weight is 331 g/mol. The number of anilines is 2. The molecule has 0 fully saturated rings. The number of halogens is 1. The fourth-order valence-corrected chi connectivity index (χ4v) is 2.68. The molecule has 2 N–H and O–H groups in total. The van der Waals surface area contributed by atoms with E-state index in [9.17, 15) is 9.59 Å². The van der Waals surface area contributed by atoms with Crippen LogP contribution in [-0.4, -0.2) is 11.8 Å². The summed E-state index contributed by atoms with van der Waals surface area (Å²) < 4.78 is 0.767. The number of amides is 2. The normalized spacial score (nSPS) is 13.8. The van der Waals surface area contributed by atoms with Crippen molar-refractivity contribution in [2.24, 2.45) is 0 Å². The maximum absolute atomic E-state index is 12.5. The molecule has 5 heteroatoms. The molecule has 1 aliphatic heterocycles. The number of carbonyl (C=O) groups excluding carboxylic acids is 2. The van der Waals surface area contributed by atoms with E-state index in [1.165, 1.54) is 4.90 Å². The molecule has 2 amide bonds. The molecular formula is C15H11BrN2O2. The monoisotopic (exact) mass is 330 g/mol. The SMILES string of the molecule is Cc1c(N)cccc1N1C(=O)c2ccc(Br)cc2C1=O. The van der Waals surface area contributed by atoms with Crippen LogP contribution in [0.4, 0.5) is 11.4 Å². The maximum atomic E-state index is 12.5. The Kier molecular flexibility index (Phi) is 2.87. The number of imide groups is 1. The number of benzene rings is 2. The summed E-state index contributed by atoms with van der Waals surface area (Å²) in [7, 11) is 0. The van der Waals surface area contributed by atoms with Gasteiger partial charge in [-0.25, -0.2) is 4.90 Å². The molecule has 4 nitrogen and oxygen atoms in total. The number of nitrogens with zero attached hydrogens (tertiary/aromatic N) is 1. The molecule has 2 aromatic rings. The van der Waals surface area contributed by atoms with Crippen LogP contribution in [0, 0.1) is 6.92 Å². The van der Waals surface area contributed by atoms with E-state index in [4.69, 9.17) is 5.73 Å². The number of nitrogen functional groups attached to an aromatic ring is 1. The number of carbonyl (C=O) groups is 2. The van der Waals surface area contributed by atoms with Gasteiger partial charge in [-0.15, -0.1) is 0 Å². The molecule has 100 valence electrons. The Labute approximate surface area is 124 Å². The lowest BCUT2D eigenvalue weighted by Crippen LogP contribution is -2.30. The first kappa shape index (κ1) is 12.9. The van der Waals surface area contributed by atoms with Crippen LogP contribution in [0.2, 0.25) is 0 Å². The molecule has 0 radical (unpaired) electrons. The van der Waals surface area contributed by atoms with Crippen molar-refractivity contribution < 1.29 is 9.59 Å². The van der Waals surface area contributed by atoms with Crippen molar-refractivity contribution in [1.29, 1.82) is 0 Å². The van der Waals surface area contributed by atoms with E-state index in [2.05, 4.69) is 15.9 Å². The van der Waals surface area contributed by atoms with E-state index in [1.54, 1.807) is 43.3 Å². The molecule has 0 bridgehead atoms. The summed E-state index contributed by atoms with van der Waals surface area (Å²) in [5.41, 5.74) is 8.49. The van der Waals surface area contributed by atoms with Crippen molar-refractivity contribution in [3.63, 3.8) is 0 Å². The van der Waals surface area contributed by atoms with Gasteiger partial charge in [0.1, 0.15) is 0 Å². The van der Waals surface area contributed by atoms with Crippen LogP contribution in [-0.2, 0) is 0 Å². The second-order valence-corrected chi connectivity index (χ2v) is 5.54. The molecule has 0 spiro atoms. The number of fused-ring (bicyclic) bond motifs is 1. The van der Waals surface area contributed by atoms with Crippen LogP contribution in [0.15, 0.2) is 40.9 Å². The molecule has 0 saturated carbocycles. The van der Waals surface area contributed by atoms with Crippen LogP contribution in [0.1, 0.15) is 26.3 Å². The van der Waals surface area contributed by atoms with E-state index in [0.29, 0.717) is 22.5 Å². The minimum absolute atomic E-state index is 0.314. The van der Waals surface area contributed by atoms with Gasteiger partial charge in [-0.2, -0.15) is 0 Å². The van der Waals surface area contributed by atoms with Gasteiger partial charge in [0.05, 0.1) is 16.8 Å². The molecule has 20 heavy (non-hydrogen) atoms. The lowest BCUT2D eigenvalue weighted by Gasteiger charge is -2.17. The van der Waals surface area contributed by atoms with Crippen LogP contribution in [0.3, 0.4) is 0 Å². The summed E-state index contributed by atoms with van der Waals surface area (Å²) in [5, 5.41) is 0. The van der Waals surface area contributed by atoms with Gasteiger partial charge < -0.3 is 5.73 Å². The minimum Gasteiger partial charge on any atom is -0.398 e. The third-order valence-corrected chi connectivity index (χ3v) is 3.93. The van der Waals surface area contributed by atoms with Gasteiger partial charge in [0, 0.05) is 10.2 Å². The van der Waals surface area contributed by atoms with E-state index in [-0.39, 0.29) is 11.8 Å². The zero-order valence-corrected chi connectivity index (χ0v) is 12.3. The fraction of sp³-hybridized carbons (Fsp3) is 0.0667. The molecule has 2 aromatic carbocycles. The summed E-state index contributed by atoms with van der Waals surface area (Å²) in [6, 6.07) is 10.3. The third kappa shape index (κ3) is 1.74. The van der Waals surface area contributed by atoms with Crippen molar-refractivity contribution in [1.82, 2.24) is 0 Å². The minimum atomic E-state index is -0.319. The van der Waals surface area contributed by atoms with Gasteiger partial charge in [0.15, 0.2) is 0 Å². The first-order valence-electron chi connectivity index (χ1n) is 6.04. The smallest absolute Gasteiger partial charge is 0.266 e. The van der Waals surface area contributed by atoms with Crippen molar-refractivity contribution in [3.05, 3.63) is 57.6 Å². The van der Waals surface area contributed by atoms with Gasteiger partial charge in [0.2, 0.25) is 0 Å². The van der Waals surface area contributed by atoms with E-state index >= 15 is 0 Å². The number of hydrogen-bond donors (Lipinski definition) is 1. The molecule has 0 unspecified atom stereocenters. The number of hydrogen-bond acceptors (Lipinski definition) is 3. The van der Waals surface area contributed by atoms with Gasteiger partial charge in [0.25, 0.3) is 11.8 Å². The van der Waals surface area contributed by atoms with Crippen molar-refractivity contribution >= 4 is 39.1 Å². The largest absolute Gasteiger partial charge is 0.398 e. The zero-order chi connectivity index (χ0) is 14.4. The average Bonchev–Trinajstić information content (AvgIpc) is 2.65. The lowest BCUT2D eigenvalue weighted by atomic mass is 10.1. The van der Waals surface area contributed by atoms with E-state index < -0.39 is 0 Å². The van der Waals surface area contributed by atoms with E-state index in [0.717, 1.165) is 10.0 Å². The number of nitrogens with two attached hydrogens (primary N) is 1. The lowest BCUT2D eigenvalue weighted by molar-refractivity contribution is 0.0926. The van der Waals surface area contributed by atoms with Gasteiger partial charge >= 0.3 is 0 Å². The molecule has 1 aliphatic rings. The summed E-state index contributed by atoms with van der Waals surface area (Å²) in [6.07, 6.45) is 0. The molecule has 0 atom stereocenters. The van der Waals surface area contributed by atoms with Crippen LogP contribution < -0.4 is 10.6 Å². The fourth-order valence-electron chi connectivity index (χ4n) is 2.31. The highest BCUT2D eigenvalue weighted by atomic mass is 79.9. The molecule has 1 heterocycles. The molecular weight excluding hydrogens is 320 g/mol. The Bertz CT molecular complexity index is 756. The molecule has 3 rings (SSSR count). The quantitative estimate of drug-likeness (QED) is 0.645. The molecule has 0 aromatic heterocycles. The highest BCUT2D eigenvalue weighted by Gasteiger charge is 2.37. The van der Waals surface area contributed by atoms with Crippen LogP contribution in [0.5, 0.6) is 0 Å². The molecule has 0 aliphatic carbocycles. The Balaban J connectivity index is 2.17. The molecule has 0 saturated heterocycles.